The van der Waals surface area contributed by atoms with Gasteiger partial charge in [-0.25, -0.2) is 0 Å². The summed E-state index contributed by atoms with van der Waals surface area (Å²) in [6, 6.07) is 0. The maximum Gasteiger partial charge on any atom is 0.196 e. The smallest absolute Gasteiger partial charge is 0.196 e. The van der Waals surface area contributed by atoms with Gasteiger partial charge in [0.2, 0.25) is 0 Å². The fourth-order valence-electron chi connectivity index (χ4n) is 4.25. The molecule has 0 rings (SSSR count). The van der Waals surface area contributed by atoms with Crippen molar-refractivity contribution in [1.29, 1.82) is 0 Å². The number of unbranched alkanes of at least 4 members (excludes halogenated alkanes) is 6. The topological polar surface area (TPSA) is 20.2 Å². The van der Waals surface area contributed by atoms with Crippen LogP contribution in [-0.4, -0.2) is 13.1 Å². The van der Waals surface area contributed by atoms with Crippen LogP contribution in [0.3, 0.4) is 0 Å². The Morgan fingerprint density at radius 1 is 0.565 bits per heavy atom. The van der Waals surface area contributed by atoms with Crippen LogP contribution in [0.5, 0.6) is 0 Å². The second kappa shape index (κ2) is 13.5. The fraction of sp³-hybridized carbons (Fsp3) is 1.00. The zero-order chi connectivity index (χ0) is 17.7. The average molecular weight is 343 g/mol. The van der Waals surface area contributed by atoms with Crippen LogP contribution in [-0.2, 0) is 0 Å². The van der Waals surface area contributed by atoms with Crippen molar-refractivity contribution in [2.75, 3.05) is 0 Å². The molecule has 0 bridgehead atoms. The molecule has 0 radical (unpaired) electrons. The molecular weight excluding hydrogens is 296 g/mol. The van der Waals surface area contributed by atoms with Gasteiger partial charge in [0.1, 0.15) is 0 Å². The van der Waals surface area contributed by atoms with E-state index in [0.717, 1.165) is 0 Å². The van der Waals surface area contributed by atoms with Gasteiger partial charge >= 0.3 is 0 Å². The Hall–Kier alpha value is 0.177. The Bertz CT molecular complexity index is 226. The lowest BCUT2D eigenvalue weighted by atomic mass is 10.1. The van der Waals surface area contributed by atoms with Gasteiger partial charge in [-0.05, 0) is 16.6 Å². The first-order valence-corrected chi connectivity index (χ1v) is 12.8. The fourth-order valence-corrected chi connectivity index (χ4v) is 9.17. The monoisotopic (exact) mass is 342 g/mol. The average Bonchev–Trinajstić information content (AvgIpc) is 2.54. The predicted octanol–water partition coefficient (Wildman–Crippen LogP) is 7.84. The van der Waals surface area contributed by atoms with E-state index < -0.39 is 8.32 Å². The summed E-state index contributed by atoms with van der Waals surface area (Å²) in [5.41, 5.74) is 1.67. The summed E-state index contributed by atoms with van der Waals surface area (Å²) in [6.07, 6.45) is 15.4. The van der Waals surface area contributed by atoms with E-state index in [9.17, 15) is 4.80 Å². The van der Waals surface area contributed by atoms with E-state index in [4.69, 9.17) is 0 Å². The molecule has 140 valence electrons. The molecule has 0 aromatic rings. The Morgan fingerprint density at radius 3 is 1.04 bits per heavy atom. The summed E-state index contributed by atoms with van der Waals surface area (Å²) in [6.45, 7) is 13.9. The SMILES string of the molecule is CCCCCC(C)[Si](O)(C(C)CCCCC)C(C)CCCCC. The minimum atomic E-state index is -2.21. The summed E-state index contributed by atoms with van der Waals surface area (Å²) in [4.78, 5) is 11.9. The van der Waals surface area contributed by atoms with Crippen LogP contribution in [0.4, 0.5) is 0 Å². The molecule has 0 saturated heterocycles. The van der Waals surface area contributed by atoms with E-state index >= 15 is 0 Å². The molecule has 3 atom stereocenters. The van der Waals surface area contributed by atoms with Gasteiger partial charge < -0.3 is 4.80 Å². The minimum absolute atomic E-state index is 0.558. The zero-order valence-electron chi connectivity index (χ0n) is 17.2. The van der Waals surface area contributed by atoms with Crippen molar-refractivity contribution in [1.82, 2.24) is 0 Å². The summed E-state index contributed by atoms with van der Waals surface area (Å²) in [5, 5.41) is 0. The molecule has 0 aliphatic carbocycles. The zero-order valence-corrected chi connectivity index (χ0v) is 18.2. The van der Waals surface area contributed by atoms with Gasteiger partial charge in [0.05, 0.1) is 0 Å². The van der Waals surface area contributed by atoms with E-state index in [2.05, 4.69) is 41.5 Å². The standard InChI is InChI=1S/C21H46OSi/c1-7-10-13-16-19(4)23(22,20(5)17-14-11-8-2)21(6)18-15-12-9-3/h19-22H,7-18H2,1-6H3. The minimum Gasteiger partial charge on any atom is -0.431 e. The molecule has 3 unspecified atom stereocenters. The molecule has 1 nitrogen and oxygen atoms in total. The molecular formula is C21H46OSi. The van der Waals surface area contributed by atoms with Gasteiger partial charge in [-0.1, -0.05) is 119 Å². The first-order chi connectivity index (χ1) is 10.9. The Labute approximate surface area is 148 Å². The molecule has 2 heteroatoms. The lowest BCUT2D eigenvalue weighted by Gasteiger charge is -2.42. The van der Waals surface area contributed by atoms with Crippen LogP contribution < -0.4 is 0 Å². The summed E-state index contributed by atoms with van der Waals surface area (Å²) < 4.78 is 0. The maximum atomic E-state index is 11.9. The second-order valence-electron chi connectivity index (χ2n) is 8.08. The van der Waals surface area contributed by atoms with E-state index in [1.54, 1.807) is 0 Å². The second-order valence-corrected chi connectivity index (χ2v) is 12.8. The van der Waals surface area contributed by atoms with Crippen LogP contribution in [0.25, 0.3) is 0 Å². The molecule has 0 amide bonds. The van der Waals surface area contributed by atoms with E-state index in [1.807, 2.05) is 0 Å². The van der Waals surface area contributed by atoms with Gasteiger partial charge in [0.25, 0.3) is 0 Å². The van der Waals surface area contributed by atoms with Gasteiger partial charge in [-0.2, -0.15) is 0 Å². The largest absolute Gasteiger partial charge is 0.431 e. The van der Waals surface area contributed by atoms with Crippen molar-refractivity contribution in [3.05, 3.63) is 0 Å². The van der Waals surface area contributed by atoms with Gasteiger partial charge in [-0.15, -0.1) is 0 Å². The van der Waals surface area contributed by atoms with Crippen molar-refractivity contribution in [2.24, 2.45) is 0 Å². The lowest BCUT2D eigenvalue weighted by molar-refractivity contribution is 0.423. The molecule has 0 saturated carbocycles. The first kappa shape index (κ1) is 23.2. The van der Waals surface area contributed by atoms with Crippen LogP contribution in [0, 0.1) is 0 Å². The molecule has 1 N–H and O–H groups in total. The normalized spacial score (nSPS) is 18.4. The third-order valence-corrected chi connectivity index (χ3v) is 11.7. The van der Waals surface area contributed by atoms with Crippen molar-refractivity contribution < 1.29 is 4.80 Å². The van der Waals surface area contributed by atoms with Crippen molar-refractivity contribution in [3.8, 4) is 0 Å². The highest BCUT2D eigenvalue weighted by molar-refractivity contribution is 6.76. The number of hydrogen-bond donors (Lipinski definition) is 1. The van der Waals surface area contributed by atoms with Gasteiger partial charge in [0, 0.05) is 0 Å². The Kier molecular flexibility index (Phi) is 13.6. The summed E-state index contributed by atoms with van der Waals surface area (Å²) in [5.74, 6) is 0. The lowest BCUT2D eigenvalue weighted by Crippen LogP contribution is -2.47. The van der Waals surface area contributed by atoms with E-state index in [0.29, 0.717) is 16.6 Å². The Balaban J connectivity index is 4.84. The first-order valence-electron chi connectivity index (χ1n) is 10.7. The Morgan fingerprint density at radius 2 is 0.826 bits per heavy atom. The highest BCUT2D eigenvalue weighted by Crippen LogP contribution is 2.46. The predicted molar refractivity (Wildman–Crippen MR) is 109 cm³/mol. The van der Waals surface area contributed by atoms with Crippen LogP contribution in [0.1, 0.15) is 119 Å². The molecule has 0 aromatic heterocycles. The molecule has 0 heterocycles. The van der Waals surface area contributed by atoms with Crippen LogP contribution in [0.2, 0.25) is 16.6 Å². The van der Waals surface area contributed by atoms with E-state index in [-0.39, 0.29) is 0 Å². The molecule has 0 fully saturated rings. The molecule has 0 aliphatic rings. The number of hydrogen-bond acceptors (Lipinski definition) is 1. The highest BCUT2D eigenvalue weighted by atomic mass is 28.4. The summed E-state index contributed by atoms with van der Waals surface area (Å²) in [7, 11) is -2.21. The molecule has 0 aliphatic heterocycles. The van der Waals surface area contributed by atoms with Crippen LogP contribution >= 0.6 is 0 Å². The van der Waals surface area contributed by atoms with Gasteiger partial charge in [0.15, 0.2) is 8.32 Å². The molecule has 23 heavy (non-hydrogen) atoms. The third kappa shape index (κ3) is 8.20. The van der Waals surface area contributed by atoms with E-state index in [1.165, 1.54) is 77.0 Å². The highest BCUT2D eigenvalue weighted by Gasteiger charge is 2.46. The van der Waals surface area contributed by atoms with Gasteiger partial charge in [-0.3, -0.25) is 0 Å². The van der Waals surface area contributed by atoms with Crippen molar-refractivity contribution >= 4 is 8.32 Å². The molecule has 0 spiro atoms. The van der Waals surface area contributed by atoms with Crippen LogP contribution in [0.15, 0.2) is 0 Å². The molecule has 0 aromatic carbocycles. The quantitative estimate of drug-likeness (QED) is 0.237. The summed E-state index contributed by atoms with van der Waals surface area (Å²) >= 11 is 0. The maximum absolute atomic E-state index is 11.9. The van der Waals surface area contributed by atoms with Crippen molar-refractivity contribution in [2.45, 2.75) is 135 Å². The van der Waals surface area contributed by atoms with Crippen molar-refractivity contribution in [3.63, 3.8) is 0 Å². The third-order valence-electron chi connectivity index (χ3n) is 6.09. The number of rotatable bonds is 15.